The van der Waals surface area contributed by atoms with Crippen molar-refractivity contribution in [1.29, 1.82) is 0 Å². The van der Waals surface area contributed by atoms with E-state index in [2.05, 4.69) is 39.4 Å². The largest absolute Gasteiger partial charge is 0.348 e. The molecule has 0 radical (unpaired) electrons. The lowest BCUT2D eigenvalue weighted by atomic mass is 9.89. The van der Waals surface area contributed by atoms with Crippen molar-refractivity contribution in [1.82, 2.24) is 5.32 Å². The molecule has 5 nitrogen and oxygen atoms in total. The molecule has 2 aromatic carbocycles. The van der Waals surface area contributed by atoms with Gasteiger partial charge >= 0.3 is 0 Å². The first-order chi connectivity index (χ1) is 13.3. The lowest BCUT2D eigenvalue weighted by Gasteiger charge is -2.24. The number of halogens is 1. The molecule has 7 heteroatoms. The zero-order valence-corrected chi connectivity index (χ0v) is 18.5. The first-order valence-corrected chi connectivity index (χ1v) is 12.0. The molecule has 1 N–H and O–H groups in total. The van der Waals surface area contributed by atoms with E-state index in [1.807, 2.05) is 6.92 Å². The Morgan fingerprint density at radius 3 is 2.50 bits per heavy atom. The van der Waals surface area contributed by atoms with Crippen molar-refractivity contribution < 1.29 is 13.2 Å². The lowest BCUT2D eigenvalue weighted by Crippen LogP contribution is -2.41. The Morgan fingerprint density at radius 2 is 1.82 bits per heavy atom. The highest BCUT2D eigenvalue weighted by atomic mass is 79.9. The number of para-hydroxylation sites is 1. The molecule has 28 heavy (non-hydrogen) atoms. The van der Waals surface area contributed by atoms with Gasteiger partial charge in [0.1, 0.15) is 6.54 Å². The molecule has 0 aliphatic heterocycles. The summed E-state index contributed by atoms with van der Waals surface area (Å²) in [5.74, 6) is -0.341. The van der Waals surface area contributed by atoms with Crippen LogP contribution in [0.3, 0.4) is 0 Å². The monoisotopic (exact) mass is 464 g/mol. The number of carbonyl (C=O) groups is 1. The molecule has 3 rings (SSSR count). The van der Waals surface area contributed by atoms with Gasteiger partial charge < -0.3 is 5.32 Å². The number of carbonyl (C=O) groups excluding carboxylic acids is 1. The molecule has 150 valence electrons. The van der Waals surface area contributed by atoms with Gasteiger partial charge in [0.15, 0.2) is 0 Å². The molecule has 0 spiro atoms. The predicted molar refractivity (Wildman–Crippen MR) is 116 cm³/mol. The van der Waals surface area contributed by atoms with Crippen LogP contribution in [0.15, 0.2) is 46.9 Å². The third kappa shape index (κ3) is 4.94. The van der Waals surface area contributed by atoms with Crippen molar-refractivity contribution >= 4 is 37.5 Å². The Labute approximate surface area is 175 Å². The van der Waals surface area contributed by atoms with Gasteiger partial charge in [-0.3, -0.25) is 9.10 Å². The normalized spacial score (nSPS) is 14.8. The Morgan fingerprint density at radius 1 is 1.14 bits per heavy atom. The molecule has 0 aromatic heterocycles. The molecule has 2 aromatic rings. The van der Waals surface area contributed by atoms with Crippen LogP contribution in [0.5, 0.6) is 0 Å². The fourth-order valence-corrected chi connectivity index (χ4v) is 5.04. The van der Waals surface area contributed by atoms with E-state index in [4.69, 9.17) is 0 Å². The van der Waals surface area contributed by atoms with Crippen molar-refractivity contribution in [3.8, 4) is 0 Å². The Kier molecular flexibility index (Phi) is 6.45. The predicted octanol–water partition coefficient (Wildman–Crippen LogP) is 3.97. The standard InChI is InChI=1S/C21H25BrN2O3S/c1-15(17-12-11-16-7-3-4-8-18(16)13-17)23-21(25)14-24(28(2,26)27)20-10-6-5-9-19(20)22/h5-6,9-13,15H,3-4,7-8,14H2,1-2H3,(H,23,25)/t15-/m1/s1. The zero-order valence-electron chi connectivity index (χ0n) is 16.1. The first-order valence-electron chi connectivity index (χ1n) is 9.39. The van der Waals surface area contributed by atoms with E-state index in [-0.39, 0.29) is 18.5 Å². The summed E-state index contributed by atoms with van der Waals surface area (Å²) >= 11 is 3.36. The number of amides is 1. The minimum absolute atomic E-state index is 0.194. The van der Waals surface area contributed by atoms with Crippen molar-refractivity contribution in [3.05, 3.63) is 63.6 Å². The SMILES string of the molecule is C[C@@H](NC(=O)CN(c1ccccc1Br)S(C)(=O)=O)c1ccc2c(c1)CCCC2. The summed E-state index contributed by atoms with van der Waals surface area (Å²) < 4.78 is 26.3. The van der Waals surface area contributed by atoms with Crippen molar-refractivity contribution in [2.45, 2.75) is 38.6 Å². The molecule has 0 fully saturated rings. The summed E-state index contributed by atoms with van der Waals surface area (Å²) in [4.78, 5) is 12.6. The van der Waals surface area contributed by atoms with Crippen molar-refractivity contribution in [3.63, 3.8) is 0 Å². The third-order valence-electron chi connectivity index (χ3n) is 5.06. The first kappa shape index (κ1) is 20.9. The summed E-state index contributed by atoms with van der Waals surface area (Å²) in [5.41, 5.74) is 4.24. The minimum Gasteiger partial charge on any atom is -0.348 e. The van der Waals surface area contributed by atoms with E-state index in [9.17, 15) is 13.2 Å². The van der Waals surface area contributed by atoms with Crippen molar-refractivity contribution in [2.75, 3.05) is 17.1 Å². The van der Waals surface area contributed by atoms with Crippen LogP contribution in [0.4, 0.5) is 5.69 Å². The topological polar surface area (TPSA) is 66.5 Å². The van der Waals surface area contributed by atoms with Gasteiger partial charge in [0.05, 0.1) is 18.0 Å². The van der Waals surface area contributed by atoms with E-state index in [1.165, 1.54) is 24.0 Å². The molecule has 0 bridgehead atoms. The Balaban J connectivity index is 1.73. The summed E-state index contributed by atoms with van der Waals surface area (Å²) in [6.07, 6.45) is 5.73. The van der Waals surface area contributed by atoms with Gasteiger partial charge in [0, 0.05) is 4.47 Å². The smallest absolute Gasteiger partial charge is 0.241 e. The van der Waals surface area contributed by atoms with Gasteiger partial charge in [-0.1, -0.05) is 30.3 Å². The van der Waals surface area contributed by atoms with Crippen LogP contribution < -0.4 is 9.62 Å². The van der Waals surface area contributed by atoms with E-state index < -0.39 is 10.0 Å². The number of nitrogens with one attached hydrogen (secondary N) is 1. The maximum absolute atomic E-state index is 12.6. The lowest BCUT2D eigenvalue weighted by molar-refractivity contribution is -0.120. The number of fused-ring (bicyclic) bond motifs is 1. The second kappa shape index (κ2) is 8.66. The third-order valence-corrected chi connectivity index (χ3v) is 6.86. The van der Waals surface area contributed by atoms with Crippen LogP contribution in [0.25, 0.3) is 0 Å². The second-order valence-corrected chi connectivity index (χ2v) is 10.0. The highest BCUT2D eigenvalue weighted by Crippen LogP contribution is 2.28. The van der Waals surface area contributed by atoms with Gasteiger partial charge in [-0.05, 0) is 77.4 Å². The molecule has 1 atom stereocenters. The average Bonchev–Trinajstić information content (AvgIpc) is 2.65. The summed E-state index contributed by atoms with van der Waals surface area (Å²) in [7, 11) is -3.61. The van der Waals surface area contributed by atoms with Gasteiger partial charge in [-0.15, -0.1) is 0 Å². The van der Waals surface area contributed by atoms with Crippen molar-refractivity contribution in [2.24, 2.45) is 0 Å². The van der Waals surface area contributed by atoms with Crippen LogP contribution in [-0.4, -0.2) is 27.1 Å². The molecule has 1 aliphatic carbocycles. The van der Waals surface area contributed by atoms with Crippen LogP contribution in [0.2, 0.25) is 0 Å². The summed E-state index contributed by atoms with van der Waals surface area (Å²) in [5, 5.41) is 2.93. The maximum Gasteiger partial charge on any atom is 0.241 e. The van der Waals surface area contributed by atoms with E-state index in [0.717, 1.165) is 29.0 Å². The fraction of sp³-hybridized carbons (Fsp3) is 0.381. The highest BCUT2D eigenvalue weighted by molar-refractivity contribution is 9.10. The molecular formula is C21H25BrN2O3S. The van der Waals surface area contributed by atoms with Crippen LogP contribution in [0.1, 0.15) is 42.5 Å². The van der Waals surface area contributed by atoms with Gasteiger partial charge in [-0.2, -0.15) is 0 Å². The molecule has 0 heterocycles. The van der Waals surface area contributed by atoms with E-state index in [1.54, 1.807) is 24.3 Å². The fourth-order valence-electron chi connectivity index (χ4n) is 3.56. The Bertz CT molecular complexity index is 975. The number of rotatable bonds is 6. The number of hydrogen-bond acceptors (Lipinski definition) is 3. The second-order valence-electron chi connectivity index (χ2n) is 7.25. The number of nitrogens with zero attached hydrogens (tertiary/aromatic N) is 1. The van der Waals surface area contributed by atoms with E-state index >= 15 is 0 Å². The molecule has 1 amide bonds. The van der Waals surface area contributed by atoms with Gasteiger partial charge in [0.25, 0.3) is 0 Å². The molecule has 0 saturated heterocycles. The minimum atomic E-state index is -3.61. The molecule has 0 unspecified atom stereocenters. The van der Waals surface area contributed by atoms with Crippen LogP contribution in [-0.2, 0) is 27.7 Å². The number of benzene rings is 2. The summed E-state index contributed by atoms with van der Waals surface area (Å²) in [6, 6.07) is 13.1. The number of anilines is 1. The Hall–Kier alpha value is -1.86. The molecular weight excluding hydrogens is 440 g/mol. The zero-order chi connectivity index (χ0) is 20.3. The molecule has 1 aliphatic rings. The van der Waals surface area contributed by atoms with Crippen LogP contribution >= 0.6 is 15.9 Å². The average molecular weight is 465 g/mol. The van der Waals surface area contributed by atoms with E-state index in [0.29, 0.717) is 10.2 Å². The quantitative estimate of drug-likeness (QED) is 0.702. The molecule has 0 saturated carbocycles. The number of hydrogen-bond donors (Lipinski definition) is 1. The number of sulfonamides is 1. The highest BCUT2D eigenvalue weighted by Gasteiger charge is 2.23. The summed E-state index contributed by atoms with van der Waals surface area (Å²) in [6.45, 7) is 1.66. The maximum atomic E-state index is 12.6. The number of aryl methyl sites for hydroxylation is 2. The van der Waals surface area contributed by atoms with Crippen LogP contribution in [0, 0.1) is 0 Å². The van der Waals surface area contributed by atoms with Gasteiger partial charge in [0.2, 0.25) is 15.9 Å². The van der Waals surface area contributed by atoms with Gasteiger partial charge in [-0.25, -0.2) is 8.42 Å².